The third kappa shape index (κ3) is 2.43. The van der Waals surface area contributed by atoms with E-state index in [9.17, 15) is 0 Å². The quantitative estimate of drug-likeness (QED) is 0.652. The van der Waals surface area contributed by atoms with E-state index >= 15 is 0 Å². The van der Waals surface area contributed by atoms with Crippen molar-refractivity contribution in [3.05, 3.63) is 72.6 Å². The summed E-state index contributed by atoms with van der Waals surface area (Å²) in [4.78, 5) is 8.78. The Balaban J connectivity index is 1.91. The molecule has 0 atom stereocenters. The van der Waals surface area contributed by atoms with Crippen LogP contribution in [0.2, 0.25) is 0 Å². The second-order valence-corrected chi connectivity index (χ2v) is 4.37. The molecule has 0 saturated carbocycles. The summed E-state index contributed by atoms with van der Waals surface area (Å²) in [6.45, 7) is 0. The maximum Gasteiger partial charge on any atom is 0.0887 e. The number of nitrogens with zero attached hydrogens (tertiary/aromatic N) is 2. The minimum Gasteiger partial charge on any atom is -0.254 e. The van der Waals surface area contributed by atoms with Crippen LogP contribution < -0.4 is 0 Å². The Morgan fingerprint density at radius 1 is 0.700 bits per heavy atom. The van der Waals surface area contributed by atoms with E-state index in [1.54, 1.807) is 6.20 Å². The zero-order valence-electron chi connectivity index (χ0n) is 10.8. The van der Waals surface area contributed by atoms with Crippen molar-refractivity contribution in [1.82, 2.24) is 9.97 Å². The summed E-state index contributed by atoms with van der Waals surface area (Å²) in [5, 5.41) is 0. The first-order chi connectivity index (χ1) is 9.86. The molecule has 0 radical (unpaired) electrons. The minimum atomic E-state index is 0.773. The number of pyridine rings is 2. The first-order valence-electron chi connectivity index (χ1n) is 6.31. The zero-order valence-corrected chi connectivity index (χ0v) is 10.8. The van der Waals surface area contributed by atoms with Crippen molar-refractivity contribution in [2.75, 3.05) is 0 Å². The second kappa shape index (κ2) is 5.38. The molecule has 0 bridgehead atoms. The highest BCUT2D eigenvalue weighted by molar-refractivity contribution is 5.65. The lowest BCUT2D eigenvalue weighted by Crippen LogP contribution is -1.88. The van der Waals surface area contributed by atoms with Crippen molar-refractivity contribution in [3.8, 4) is 34.9 Å². The van der Waals surface area contributed by atoms with Gasteiger partial charge in [0.05, 0.1) is 11.4 Å². The molecule has 0 spiro atoms. The van der Waals surface area contributed by atoms with Gasteiger partial charge in [0.15, 0.2) is 0 Å². The van der Waals surface area contributed by atoms with Crippen LogP contribution in [0.15, 0.2) is 67.0 Å². The molecule has 2 heterocycles. The third-order valence-electron chi connectivity index (χ3n) is 3.06. The molecule has 94 valence electrons. The molecule has 3 rings (SSSR count). The van der Waals surface area contributed by atoms with Gasteiger partial charge in [-0.1, -0.05) is 42.3 Å². The summed E-state index contributed by atoms with van der Waals surface area (Å²) >= 11 is 0. The van der Waals surface area contributed by atoms with E-state index in [2.05, 4.69) is 34.1 Å². The van der Waals surface area contributed by atoms with Gasteiger partial charge in [0, 0.05) is 23.5 Å². The Morgan fingerprint density at radius 3 is 1.95 bits per heavy atom. The van der Waals surface area contributed by atoms with Crippen molar-refractivity contribution in [2.45, 2.75) is 0 Å². The Morgan fingerprint density at radius 2 is 1.40 bits per heavy atom. The SMILES string of the molecule is C#Cc1ccc(-c2ccc(-c3ccccc3)cn2)nc1. The van der Waals surface area contributed by atoms with Crippen molar-refractivity contribution in [1.29, 1.82) is 0 Å². The number of hydrogen-bond donors (Lipinski definition) is 0. The number of rotatable bonds is 2. The fourth-order valence-corrected chi connectivity index (χ4v) is 1.98. The maximum atomic E-state index is 5.32. The lowest BCUT2D eigenvalue weighted by Gasteiger charge is -2.03. The number of hydrogen-bond acceptors (Lipinski definition) is 2. The molecule has 2 aromatic heterocycles. The van der Waals surface area contributed by atoms with E-state index < -0.39 is 0 Å². The van der Waals surface area contributed by atoms with Gasteiger partial charge in [0.1, 0.15) is 0 Å². The molecule has 20 heavy (non-hydrogen) atoms. The van der Waals surface area contributed by atoms with Crippen LogP contribution in [0.25, 0.3) is 22.5 Å². The van der Waals surface area contributed by atoms with E-state index in [1.807, 2.05) is 42.6 Å². The van der Waals surface area contributed by atoms with Crippen molar-refractivity contribution in [3.63, 3.8) is 0 Å². The summed E-state index contributed by atoms with van der Waals surface area (Å²) in [6.07, 6.45) is 8.86. The van der Waals surface area contributed by atoms with Gasteiger partial charge >= 0.3 is 0 Å². The van der Waals surface area contributed by atoms with E-state index in [1.165, 1.54) is 0 Å². The van der Waals surface area contributed by atoms with E-state index in [-0.39, 0.29) is 0 Å². The maximum absolute atomic E-state index is 5.32. The van der Waals surface area contributed by atoms with Crippen molar-refractivity contribution < 1.29 is 0 Å². The molecular formula is C18H12N2. The summed E-state index contributed by atoms with van der Waals surface area (Å²) in [5.41, 5.74) is 4.68. The summed E-state index contributed by atoms with van der Waals surface area (Å²) in [7, 11) is 0. The highest BCUT2D eigenvalue weighted by Gasteiger charge is 2.02. The van der Waals surface area contributed by atoms with Gasteiger partial charge in [-0.3, -0.25) is 9.97 Å². The van der Waals surface area contributed by atoms with E-state index in [0.29, 0.717) is 0 Å². The second-order valence-electron chi connectivity index (χ2n) is 4.37. The fourth-order valence-electron chi connectivity index (χ4n) is 1.98. The highest BCUT2D eigenvalue weighted by Crippen LogP contribution is 2.21. The Hall–Kier alpha value is -2.92. The molecule has 3 aromatic rings. The fraction of sp³-hybridized carbons (Fsp3) is 0. The predicted molar refractivity (Wildman–Crippen MR) is 80.8 cm³/mol. The summed E-state index contributed by atoms with van der Waals surface area (Å²) < 4.78 is 0. The molecule has 1 aromatic carbocycles. The van der Waals surface area contributed by atoms with Crippen molar-refractivity contribution >= 4 is 0 Å². The van der Waals surface area contributed by atoms with Crippen LogP contribution in [0.3, 0.4) is 0 Å². The van der Waals surface area contributed by atoms with Crippen LogP contribution in [0.4, 0.5) is 0 Å². The van der Waals surface area contributed by atoms with Gasteiger partial charge < -0.3 is 0 Å². The van der Waals surface area contributed by atoms with E-state index in [4.69, 9.17) is 6.42 Å². The standard InChI is InChI=1S/C18H12N2/c1-2-14-8-10-17(19-12-14)18-11-9-16(13-20-18)15-6-4-3-5-7-15/h1,3-13H. The Kier molecular flexibility index (Phi) is 3.26. The molecule has 0 saturated heterocycles. The molecule has 2 heteroatoms. The first kappa shape index (κ1) is 12.1. The number of terminal acetylenes is 1. The van der Waals surface area contributed by atoms with Crippen LogP contribution >= 0.6 is 0 Å². The molecular weight excluding hydrogens is 244 g/mol. The van der Waals surface area contributed by atoms with Crippen LogP contribution in [-0.4, -0.2) is 9.97 Å². The smallest absolute Gasteiger partial charge is 0.0887 e. The number of aromatic nitrogens is 2. The molecule has 0 fully saturated rings. The van der Waals surface area contributed by atoms with Gasteiger partial charge in [-0.05, 0) is 23.8 Å². The monoisotopic (exact) mass is 256 g/mol. The first-order valence-corrected chi connectivity index (χ1v) is 6.31. The molecule has 0 aliphatic carbocycles. The van der Waals surface area contributed by atoms with Crippen LogP contribution in [0.5, 0.6) is 0 Å². The highest BCUT2D eigenvalue weighted by atomic mass is 14.8. The van der Waals surface area contributed by atoms with Crippen molar-refractivity contribution in [2.24, 2.45) is 0 Å². The van der Waals surface area contributed by atoms with Gasteiger partial charge in [-0.2, -0.15) is 0 Å². The number of benzene rings is 1. The molecule has 2 nitrogen and oxygen atoms in total. The zero-order chi connectivity index (χ0) is 13.8. The van der Waals surface area contributed by atoms with Gasteiger partial charge in [0.25, 0.3) is 0 Å². The topological polar surface area (TPSA) is 25.8 Å². The summed E-state index contributed by atoms with van der Waals surface area (Å²) in [6, 6.07) is 18.0. The van der Waals surface area contributed by atoms with Gasteiger partial charge in [-0.25, -0.2) is 0 Å². The third-order valence-corrected chi connectivity index (χ3v) is 3.06. The van der Waals surface area contributed by atoms with Crippen LogP contribution in [0.1, 0.15) is 5.56 Å². The molecule has 0 unspecified atom stereocenters. The average Bonchev–Trinajstić information content (AvgIpc) is 2.56. The van der Waals surface area contributed by atoms with Crippen LogP contribution in [0, 0.1) is 12.3 Å². The van der Waals surface area contributed by atoms with Crippen LogP contribution in [-0.2, 0) is 0 Å². The average molecular weight is 256 g/mol. The molecule has 0 aliphatic heterocycles. The predicted octanol–water partition coefficient (Wildman–Crippen LogP) is 3.79. The molecule has 0 N–H and O–H groups in total. The van der Waals surface area contributed by atoms with E-state index in [0.717, 1.165) is 28.1 Å². The Labute approximate surface area is 118 Å². The molecule has 0 amide bonds. The van der Waals surface area contributed by atoms with Gasteiger partial charge in [0.2, 0.25) is 0 Å². The Bertz CT molecular complexity index is 736. The summed E-state index contributed by atoms with van der Waals surface area (Å²) in [5.74, 6) is 2.55. The molecule has 0 aliphatic rings. The lowest BCUT2D eigenvalue weighted by molar-refractivity contribution is 1.24. The largest absolute Gasteiger partial charge is 0.254 e. The van der Waals surface area contributed by atoms with Gasteiger partial charge in [-0.15, -0.1) is 6.42 Å². The lowest BCUT2D eigenvalue weighted by atomic mass is 10.1. The normalized spacial score (nSPS) is 9.95. The minimum absolute atomic E-state index is 0.773.